The van der Waals surface area contributed by atoms with Crippen molar-refractivity contribution in [2.24, 2.45) is 10.9 Å². The number of benzene rings is 2. The number of amides is 3. The summed E-state index contributed by atoms with van der Waals surface area (Å²) >= 11 is 5.95. The predicted molar refractivity (Wildman–Crippen MR) is 94.4 cm³/mol. The van der Waals surface area contributed by atoms with Crippen LogP contribution in [0.3, 0.4) is 0 Å². The van der Waals surface area contributed by atoms with Crippen LogP contribution < -0.4 is 10.6 Å². The quantitative estimate of drug-likeness (QED) is 0.890. The molecule has 0 saturated heterocycles. The maximum absolute atomic E-state index is 12.8. The Balaban J connectivity index is 1.90. The van der Waals surface area contributed by atoms with E-state index in [4.69, 9.17) is 11.6 Å². The van der Waals surface area contributed by atoms with Gasteiger partial charge in [-0.2, -0.15) is 0 Å². The fraction of sp³-hybridized carbons (Fsp3) is 0.167. The lowest BCUT2D eigenvalue weighted by molar-refractivity contribution is -0.118. The predicted octanol–water partition coefficient (Wildman–Crippen LogP) is 3.82. The van der Waals surface area contributed by atoms with Gasteiger partial charge >= 0.3 is 6.03 Å². The number of carbonyl (C=O) groups is 2. The van der Waals surface area contributed by atoms with Gasteiger partial charge in [0.1, 0.15) is 5.92 Å². The average molecular weight is 342 g/mol. The minimum atomic E-state index is -0.593. The number of nitrogens with zero attached hydrogens (tertiary/aromatic N) is 1. The molecule has 2 atom stereocenters. The number of anilines is 1. The second-order valence-electron chi connectivity index (χ2n) is 5.57. The highest BCUT2D eigenvalue weighted by Gasteiger charge is 2.36. The number of hydrogen-bond donors (Lipinski definition) is 2. The zero-order chi connectivity index (χ0) is 17.1. The Hall–Kier alpha value is -2.66. The van der Waals surface area contributed by atoms with Gasteiger partial charge in [0.15, 0.2) is 0 Å². The van der Waals surface area contributed by atoms with E-state index in [1.165, 1.54) is 0 Å². The highest BCUT2D eigenvalue weighted by molar-refractivity contribution is 6.31. The second kappa shape index (κ2) is 6.84. The molecule has 122 valence electrons. The topological polar surface area (TPSA) is 70.6 Å². The first-order valence-electron chi connectivity index (χ1n) is 7.51. The van der Waals surface area contributed by atoms with E-state index in [9.17, 15) is 9.59 Å². The zero-order valence-electron chi connectivity index (χ0n) is 13.0. The molecule has 2 aromatic rings. The van der Waals surface area contributed by atoms with Crippen molar-refractivity contribution in [1.29, 1.82) is 0 Å². The second-order valence-corrected chi connectivity index (χ2v) is 6.00. The summed E-state index contributed by atoms with van der Waals surface area (Å²) in [5.41, 5.74) is 1.93. The van der Waals surface area contributed by atoms with Crippen molar-refractivity contribution in [3.63, 3.8) is 0 Å². The van der Waals surface area contributed by atoms with E-state index in [2.05, 4.69) is 15.6 Å². The van der Waals surface area contributed by atoms with Crippen LogP contribution in [0, 0.1) is 5.92 Å². The Morgan fingerprint density at radius 2 is 1.92 bits per heavy atom. The first kappa shape index (κ1) is 16.2. The molecule has 3 amide bonds. The maximum Gasteiger partial charge on any atom is 0.341 e. The van der Waals surface area contributed by atoms with E-state index in [0.29, 0.717) is 16.4 Å². The van der Waals surface area contributed by atoms with Crippen molar-refractivity contribution in [2.75, 3.05) is 5.32 Å². The van der Waals surface area contributed by atoms with Gasteiger partial charge in [-0.05, 0) is 30.7 Å². The van der Waals surface area contributed by atoms with E-state index in [0.717, 1.165) is 5.56 Å². The molecule has 2 N–H and O–H groups in total. The minimum absolute atomic E-state index is 0.243. The van der Waals surface area contributed by atoms with Crippen LogP contribution in [0.5, 0.6) is 0 Å². The molecule has 0 aliphatic carbocycles. The van der Waals surface area contributed by atoms with Gasteiger partial charge in [0.2, 0.25) is 5.91 Å². The molecule has 5 nitrogen and oxygen atoms in total. The Bertz CT molecular complexity index is 805. The molecular formula is C18H16ClN3O2. The third-order valence-electron chi connectivity index (χ3n) is 3.87. The summed E-state index contributed by atoms with van der Waals surface area (Å²) in [5.74, 6) is -0.837. The summed E-state index contributed by atoms with van der Waals surface area (Å²) in [5, 5.41) is 6.16. The molecule has 1 aliphatic rings. The first-order chi connectivity index (χ1) is 11.5. The number of halogens is 1. The normalized spacial score (nSPS) is 20.1. The van der Waals surface area contributed by atoms with Crippen molar-refractivity contribution in [2.45, 2.75) is 13.0 Å². The highest BCUT2D eigenvalue weighted by atomic mass is 35.5. The molecule has 2 aromatic carbocycles. The molecule has 0 saturated carbocycles. The van der Waals surface area contributed by atoms with Crippen LogP contribution in [0.4, 0.5) is 10.5 Å². The third kappa shape index (κ3) is 3.46. The van der Waals surface area contributed by atoms with Crippen LogP contribution in [0.1, 0.15) is 18.5 Å². The standard InChI is InChI=1S/C18H16ClN3O2/c1-11-15(17(23)21-14-9-5-8-13(19)10-14)16(22-18(24)20-11)12-6-3-2-4-7-12/h2-10,15-16H,1H3,(H,21,23)(H,22,24). The molecule has 0 fully saturated rings. The van der Waals surface area contributed by atoms with Gasteiger partial charge in [-0.1, -0.05) is 48.0 Å². The summed E-state index contributed by atoms with van der Waals surface area (Å²) in [6.45, 7) is 1.69. The molecule has 0 spiro atoms. The van der Waals surface area contributed by atoms with Crippen molar-refractivity contribution >= 4 is 34.9 Å². The molecular weight excluding hydrogens is 326 g/mol. The summed E-state index contributed by atoms with van der Waals surface area (Å²) in [6, 6.07) is 15.4. The van der Waals surface area contributed by atoms with Crippen molar-refractivity contribution in [3.05, 3.63) is 65.2 Å². The Labute approximate surface area is 144 Å². The maximum atomic E-state index is 12.8. The Kier molecular flexibility index (Phi) is 4.62. The van der Waals surface area contributed by atoms with E-state index >= 15 is 0 Å². The molecule has 0 bridgehead atoms. The van der Waals surface area contributed by atoms with Gasteiger partial charge < -0.3 is 10.6 Å². The molecule has 24 heavy (non-hydrogen) atoms. The number of carbonyl (C=O) groups excluding carboxylic acids is 2. The van der Waals surface area contributed by atoms with Crippen molar-refractivity contribution in [1.82, 2.24) is 5.32 Å². The summed E-state index contributed by atoms with van der Waals surface area (Å²) in [4.78, 5) is 28.5. The van der Waals surface area contributed by atoms with Crippen LogP contribution in [0.15, 0.2) is 59.6 Å². The van der Waals surface area contributed by atoms with Gasteiger partial charge in [-0.25, -0.2) is 9.79 Å². The van der Waals surface area contributed by atoms with E-state index in [-0.39, 0.29) is 5.91 Å². The molecule has 3 rings (SSSR count). The highest BCUT2D eigenvalue weighted by Crippen LogP contribution is 2.28. The molecule has 1 aliphatic heterocycles. The van der Waals surface area contributed by atoms with E-state index in [1.807, 2.05) is 30.3 Å². The lowest BCUT2D eigenvalue weighted by Gasteiger charge is -2.30. The monoisotopic (exact) mass is 341 g/mol. The first-order valence-corrected chi connectivity index (χ1v) is 7.89. The Morgan fingerprint density at radius 1 is 1.17 bits per heavy atom. The lowest BCUT2D eigenvalue weighted by Crippen LogP contribution is -2.45. The van der Waals surface area contributed by atoms with Crippen LogP contribution in [-0.2, 0) is 4.79 Å². The number of hydrogen-bond acceptors (Lipinski definition) is 2. The number of aliphatic imine (C=N–C) groups is 1. The fourth-order valence-corrected chi connectivity index (χ4v) is 2.97. The minimum Gasteiger partial charge on any atom is -0.328 e. The summed E-state index contributed by atoms with van der Waals surface area (Å²) in [6.07, 6.45) is 0. The lowest BCUT2D eigenvalue weighted by atomic mass is 9.87. The van der Waals surface area contributed by atoms with Gasteiger partial charge in [0, 0.05) is 16.4 Å². The van der Waals surface area contributed by atoms with Crippen LogP contribution in [0.2, 0.25) is 5.02 Å². The van der Waals surface area contributed by atoms with Crippen LogP contribution >= 0.6 is 11.6 Å². The molecule has 2 unspecified atom stereocenters. The van der Waals surface area contributed by atoms with Gasteiger partial charge in [0.05, 0.1) is 6.04 Å². The van der Waals surface area contributed by atoms with Crippen molar-refractivity contribution in [3.8, 4) is 0 Å². The van der Waals surface area contributed by atoms with E-state index in [1.54, 1.807) is 31.2 Å². The number of rotatable bonds is 3. The summed E-state index contributed by atoms with van der Waals surface area (Å²) < 4.78 is 0. The molecule has 1 heterocycles. The number of nitrogens with one attached hydrogen (secondary N) is 2. The molecule has 0 aromatic heterocycles. The molecule has 0 radical (unpaired) electrons. The summed E-state index contributed by atoms with van der Waals surface area (Å²) in [7, 11) is 0. The van der Waals surface area contributed by atoms with Gasteiger partial charge in [-0.15, -0.1) is 0 Å². The van der Waals surface area contributed by atoms with Crippen LogP contribution in [0.25, 0.3) is 0 Å². The fourth-order valence-electron chi connectivity index (χ4n) is 2.78. The Morgan fingerprint density at radius 3 is 2.62 bits per heavy atom. The zero-order valence-corrected chi connectivity index (χ0v) is 13.7. The smallest absolute Gasteiger partial charge is 0.328 e. The van der Waals surface area contributed by atoms with Gasteiger partial charge in [-0.3, -0.25) is 4.79 Å². The number of urea groups is 1. The van der Waals surface area contributed by atoms with Crippen LogP contribution in [-0.4, -0.2) is 17.6 Å². The SMILES string of the molecule is CC1=NC(=O)NC(c2ccccc2)C1C(=O)Nc1cccc(Cl)c1. The van der Waals surface area contributed by atoms with Crippen molar-refractivity contribution < 1.29 is 9.59 Å². The molecule has 6 heteroatoms. The third-order valence-corrected chi connectivity index (χ3v) is 4.11. The average Bonchev–Trinajstić information content (AvgIpc) is 2.54. The van der Waals surface area contributed by atoms with E-state index < -0.39 is 18.0 Å². The van der Waals surface area contributed by atoms with Gasteiger partial charge in [0.25, 0.3) is 0 Å². The largest absolute Gasteiger partial charge is 0.341 e.